The Morgan fingerprint density at radius 2 is 2.18 bits per heavy atom. The maximum absolute atomic E-state index is 13.1. The number of fused-ring (bicyclic) bond motifs is 1. The van der Waals surface area contributed by atoms with Gasteiger partial charge in [0, 0.05) is 23.6 Å². The van der Waals surface area contributed by atoms with Crippen molar-refractivity contribution >= 4 is 28.1 Å². The van der Waals surface area contributed by atoms with Gasteiger partial charge in [-0.3, -0.25) is 14.7 Å². The molecule has 28 heavy (non-hydrogen) atoms. The lowest BCUT2D eigenvalue weighted by Crippen LogP contribution is -2.31. The standard InChI is InChI=1S/C21H21N3O3S/c1-14-13-28-20(23-14)24(16-7-5-9-22-11-16)18(25)12-26-17-8-4-6-15-10-21(2,3)27-19(15)17/h4-9,11,13H,10,12H2,1-3H3. The predicted molar refractivity (Wildman–Crippen MR) is 109 cm³/mol. The van der Waals surface area contributed by atoms with Gasteiger partial charge in [-0.25, -0.2) is 4.98 Å². The second-order valence-corrected chi connectivity index (χ2v) is 8.12. The van der Waals surface area contributed by atoms with E-state index in [0.717, 1.165) is 23.4 Å². The van der Waals surface area contributed by atoms with Crippen LogP contribution in [0.4, 0.5) is 10.8 Å². The summed E-state index contributed by atoms with van der Waals surface area (Å²) in [6.07, 6.45) is 4.12. The monoisotopic (exact) mass is 395 g/mol. The summed E-state index contributed by atoms with van der Waals surface area (Å²) in [5, 5.41) is 2.50. The number of hydrogen-bond donors (Lipinski definition) is 0. The van der Waals surface area contributed by atoms with Crippen LogP contribution in [0.5, 0.6) is 11.5 Å². The molecular formula is C21H21N3O3S. The third kappa shape index (κ3) is 3.71. The molecule has 0 unspecified atom stereocenters. The summed E-state index contributed by atoms with van der Waals surface area (Å²) in [6, 6.07) is 9.39. The Morgan fingerprint density at radius 3 is 2.89 bits per heavy atom. The van der Waals surface area contributed by atoms with Crippen molar-refractivity contribution < 1.29 is 14.3 Å². The quantitative estimate of drug-likeness (QED) is 0.644. The Labute approximate surface area is 167 Å². The molecule has 1 aliphatic heterocycles. The molecule has 0 saturated heterocycles. The van der Waals surface area contributed by atoms with E-state index in [9.17, 15) is 4.79 Å². The molecule has 0 spiro atoms. The SMILES string of the molecule is Cc1csc(N(C(=O)COc2cccc3c2OC(C)(C)C3)c2cccnc2)n1. The molecule has 4 rings (SSSR count). The molecule has 2 aromatic heterocycles. The maximum atomic E-state index is 13.1. The van der Waals surface area contributed by atoms with Crippen LogP contribution in [0, 0.1) is 6.92 Å². The van der Waals surface area contributed by atoms with Gasteiger partial charge in [-0.05, 0) is 39.0 Å². The highest BCUT2D eigenvalue weighted by Crippen LogP contribution is 2.41. The number of aromatic nitrogens is 2. The number of rotatable bonds is 5. The molecule has 0 radical (unpaired) electrons. The Bertz CT molecular complexity index is 1000. The fraction of sp³-hybridized carbons (Fsp3) is 0.286. The third-order valence-corrected chi connectivity index (χ3v) is 5.30. The summed E-state index contributed by atoms with van der Waals surface area (Å²) in [6.45, 7) is 5.84. The molecule has 0 aliphatic carbocycles. The normalized spacial score (nSPS) is 14.2. The topological polar surface area (TPSA) is 64.6 Å². The van der Waals surface area contributed by atoms with E-state index in [1.807, 2.05) is 50.4 Å². The van der Waals surface area contributed by atoms with Gasteiger partial charge in [0.2, 0.25) is 0 Å². The Balaban J connectivity index is 1.56. The highest BCUT2D eigenvalue weighted by atomic mass is 32.1. The van der Waals surface area contributed by atoms with Crippen LogP contribution in [-0.4, -0.2) is 28.1 Å². The van der Waals surface area contributed by atoms with Crippen molar-refractivity contribution in [1.29, 1.82) is 0 Å². The van der Waals surface area contributed by atoms with Gasteiger partial charge in [0.25, 0.3) is 5.91 Å². The van der Waals surface area contributed by atoms with Gasteiger partial charge in [0.05, 0.1) is 17.6 Å². The first-order chi connectivity index (χ1) is 13.4. The lowest BCUT2D eigenvalue weighted by molar-refractivity contribution is -0.119. The molecule has 144 valence electrons. The van der Waals surface area contributed by atoms with Crippen LogP contribution in [0.3, 0.4) is 0 Å². The van der Waals surface area contributed by atoms with Crippen molar-refractivity contribution in [2.24, 2.45) is 0 Å². The largest absolute Gasteiger partial charge is 0.483 e. The van der Waals surface area contributed by atoms with Crippen molar-refractivity contribution in [1.82, 2.24) is 9.97 Å². The minimum atomic E-state index is -0.272. The molecule has 3 heterocycles. The van der Waals surface area contributed by atoms with Gasteiger partial charge in [0.1, 0.15) is 5.60 Å². The van der Waals surface area contributed by atoms with E-state index in [0.29, 0.717) is 16.6 Å². The van der Waals surface area contributed by atoms with E-state index in [1.165, 1.54) is 11.3 Å². The molecule has 6 nitrogen and oxygen atoms in total. The molecule has 0 N–H and O–H groups in total. The highest BCUT2D eigenvalue weighted by Gasteiger charge is 2.32. The van der Waals surface area contributed by atoms with Gasteiger partial charge in [-0.15, -0.1) is 11.3 Å². The van der Waals surface area contributed by atoms with E-state index in [1.54, 1.807) is 23.4 Å². The highest BCUT2D eigenvalue weighted by molar-refractivity contribution is 7.14. The lowest BCUT2D eigenvalue weighted by atomic mass is 10.0. The third-order valence-electron chi connectivity index (χ3n) is 4.36. The smallest absolute Gasteiger partial charge is 0.271 e. The second kappa shape index (κ2) is 7.24. The summed E-state index contributed by atoms with van der Waals surface area (Å²) >= 11 is 1.41. The van der Waals surface area contributed by atoms with Gasteiger partial charge >= 0.3 is 0 Å². The van der Waals surface area contributed by atoms with E-state index in [2.05, 4.69) is 9.97 Å². The minimum Gasteiger partial charge on any atom is -0.483 e. The van der Waals surface area contributed by atoms with Crippen molar-refractivity contribution in [3.8, 4) is 11.5 Å². The fourth-order valence-electron chi connectivity index (χ4n) is 3.20. The van der Waals surface area contributed by atoms with E-state index in [4.69, 9.17) is 9.47 Å². The van der Waals surface area contributed by atoms with Crippen LogP contribution in [-0.2, 0) is 11.2 Å². The molecule has 1 aromatic carbocycles. The summed E-state index contributed by atoms with van der Waals surface area (Å²) in [4.78, 5) is 23.2. The van der Waals surface area contributed by atoms with Crippen molar-refractivity contribution in [2.75, 3.05) is 11.5 Å². The van der Waals surface area contributed by atoms with Crippen molar-refractivity contribution in [3.05, 3.63) is 59.4 Å². The molecular weight excluding hydrogens is 374 g/mol. The van der Waals surface area contributed by atoms with Gasteiger partial charge in [-0.2, -0.15) is 0 Å². The van der Waals surface area contributed by atoms with Crippen LogP contribution >= 0.6 is 11.3 Å². The average molecular weight is 395 g/mol. The lowest BCUT2D eigenvalue weighted by Gasteiger charge is -2.21. The van der Waals surface area contributed by atoms with Crippen molar-refractivity contribution in [2.45, 2.75) is 32.8 Å². The summed E-state index contributed by atoms with van der Waals surface area (Å²) < 4.78 is 11.9. The van der Waals surface area contributed by atoms with Gasteiger partial charge < -0.3 is 9.47 Å². The predicted octanol–water partition coefficient (Wildman–Crippen LogP) is 4.30. The van der Waals surface area contributed by atoms with Crippen LogP contribution in [0.1, 0.15) is 25.1 Å². The van der Waals surface area contributed by atoms with Gasteiger partial charge in [0.15, 0.2) is 23.2 Å². The molecule has 3 aromatic rings. The summed E-state index contributed by atoms with van der Waals surface area (Å²) in [5.41, 5.74) is 2.33. The summed E-state index contributed by atoms with van der Waals surface area (Å²) in [5.74, 6) is 1.08. The molecule has 0 saturated carbocycles. The molecule has 1 amide bonds. The number of thiazole rings is 1. The second-order valence-electron chi connectivity index (χ2n) is 7.28. The summed E-state index contributed by atoms with van der Waals surface area (Å²) in [7, 11) is 0. The zero-order valence-corrected chi connectivity index (χ0v) is 16.8. The van der Waals surface area contributed by atoms with E-state index >= 15 is 0 Å². The number of ether oxygens (including phenoxy) is 2. The first-order valence-corrected chi connectivity index (χ1v) is 9.90. The number of carbonyl (C=O) groups is 1. The number of hydrogen-bond acceptors (Lipinski definition) is 6. The number of para-hydroxylation sites is 1. The number of anilines is 2. The Morgan fingerprint density at radius 1 is 1.32 bits per heavy atom. The minimum absolute atomic E-state index is 0.131. The Kier molecular flexibility index (Phi) is 4.77. The molecule has 0 atom stereocenters. The fourth-order valence-corrected chi connectivity index (χ4v) is 4.03. The Hall–Kier alpha value is -2.93. The maximum Gasteiger partial charge on any atom is 0.271 e. The zero-order valence-electron chi connectivity index (χ0n) is 16.0. The number of aryl methyl sites for hydroxylation is 1. The zero-order chi connectivity index (χ0) is 19.7. The van der Waals surface area contributed by atoms with Crippen molar-refractivity contribution in [3.63, 3.8) is 0 Å². The van der Waals surface area contributed by atoms with E-state index < -0.39 is 0 Å². The number of pyridine rings is 1. The number of benzene rings is 1. The van der Waals surface area contributed by atoms with Gasteiger partial charge in [-0.1, -0.05) is 12.1 Å². The molecule has 7 heteroatoms. The average Bonchev–Trinajstić information content (AvgIpc) is 3.22. The number of amides is 1. The first kappa shape index (κ1) is 18.4. The van der Waals surface area contributed by atoms with Crippen LogP contribution in [0.25, 0.3) is 0 Å². The van der Waals surface area contributed by atoms with Crippen LogP contribution < -0.4 is 14.4 Å². The number of nitrogens with zero attached hydrogens (tertiary/aromatic N) is 3. The van der Waals surface area contributed by atoms with Crippen LogP contribution in [0.2, 0.25) is 0 Å². The molecule has 0 fully saturated rings. The molecule has 1 aliphatic rings. The van der Waals surface area contributed by atoms with Crippen LogP contribution in [0.15, 0.2) is 48.1 Å². The van der Waals surface area contributed by atoms with E-state index in [-0.39, 0.29) is 18.1 Å². The first-order valence-electron chi connectivity index (χ1n) is 9.02. The number of carbonyl (C=O) groups excluding carboxylic acids is 1. The molecule has 0 bridgehead atoms.